The van der Waals surface area contributed by atoms with E-state index < -0.39 is 6.17 Å². The summed E-state index contributed by atoms with van der Waals surface area (Å²) >= 11 is 0. The number of aryl methyl sites for hydroxylation is 2. The van der Waals surface area contributed by atoms with Gasteiger partial charge in [-0.15, -0.1) is 0 Å². The van der Waals surface area contributed by atoms with Crippen LogP contribution in [0, 0.1) is 6.92 Å². The van der Waals surface area contributed by atoms with Crippen molar-refractivity contribution in [1.82, 2.24) is 9.78 Å². The average molecular weight is 211 g/mol. The number of aromatic nitrogens is 2. The smallest absolute Gasteiger partial charge is 0.155 e. The van der Waals surface area contributed by atoms with Gasteiger partial charge in [0, 0.05) is 13.6 Å². The van der Waals surface area contributed by atoms with E-state index in [0.29, 0.717) is 30.8 Å². The van der Waals surface area contributed by atoms with Gasteiger partial charge in [0.25, 0.3) is 0 Å². The number of carbonyl (C=O) groups excluding carboxylic acids is 1. The highest BCUT2D eigenvalue weighted by atomic mass is 19.1. The number of anilines is 1. The first-order valence-electron chi connectivity index (χ1n) is 5.01. The molecule has 5 heteroatoms. The molecule has 82 valence electrons. The van der Waals surface area contributed by atoms with E-state index in [0.717, 1.165) is 12.1 Å². The van der Waals surface area contributed by atoms with E-state index in [1.807, 2.05) is 4.90 Å². The molecular formula is C10H14FN3O. The molecule has 15 heavy (non-hydrogen) atoms. The highest BCUT2D eigenvalue weighted by Gasteiger charge is 2.27. The van der Waals surface area contributed by atoms with E-state index in [4.69, 9.17) is 0 Å². The van der Waals surface area contributed by atoms with Gasteiger partial charge >= 0.3 is 0 Å². The first-order valence-corrected chi connectivity index (χ1v) is 5.01. The van der Waals surface area contributed by atoms with E-state index in [9.17, 15) is 9.18 Å². The van der Waals surface area contributed by atoms with Crippen LogP contribution >= 0.6 is 0 Å². The molecule has 0 aromatic carbocycles. The van der Waals surface area contributed by atoms with Crippen molar-refractivity contribution in [3.8, 4) is 0 Å². The number of hydrogen-bond donors (Lipinski definition) is 0. The molecular weight excluding hydrogens is 197 g/mol. The molecule has 1 aromatic rings. The lowest BCUT2D eigenvalue weighted by molar-refractivity contribution is 0.112. The van der Waals surface area contributed by atoms with Gasteiger partial charge in [0.2, 0.25) is 0 Å². The molecule has 0 spiro atoms. The fraction of sp³-hybridized carbons (Fsp3) is 0.600. The standard InChI is InChI=1S/C10H14FN3O/c1-7-9(6-15)10(13(2)12-7)14-4-3-8(11)5-14/h6,8H,3-5H2,1-2H3. The Bertz CT molecular complexity index is 388. The van der Waals surface area contributed by atoms with Gasteiger partial charge in [-0.25, -0.2) is 4.39 Å². The van der Waals surface area contributed by atoms with Crippen LogP contribution in [0.4, 0.5) is 10.2 Å². The molecule has 0 saturated carbocycles. The number of carbonyl (C=O) groups is 1. The predicted octanol–water partition coefficient (Wildman–Crippen LogP) is 1.09. The number of rotatable bonds is 2. The number of aldehydes is 1. The molecule has 4 nitrogen and oxygen atoms in total. The Kier molecular flexibility index (Phi) is 2.46. The van der Waals surface area contributed by atoms with Gasteiger partial charge in [-0.1, -0.05) is 0 Å². The Morgan fingerprint density at radius 1 is 1.60 bits per heavy atom. The maximum absolute atomic E-state index is 13.1. The van der Waals surface area contributed by atoms with Crippen LogP contribution in [0.15, 0.2) is 0 Å². The number of halogens is 1. The van der Waals surface area contributed by atoms with Crippen LogP contribution < -0.4 is 4.90 Å². The minimum Gasteiger partial charge on any atom is -0.353 e. The first kappa shape index (κ1) is 10.1. The van der Waals surface area contributed by atoms with E-state index in [2.05, 4.69) is 5.10 Å². The second-order valence-corrected chi connectivity index (χ2v) is 3.90. The summed E-state index contributed by atoms with van der Waals surface area (Å²) in [7, 11) is 1.78. The second kappa shape index (κ2) is 3.64. The van der Waals surface area contributed by atoms with E-state index in [1.54, 1.807) is 18.7 Å². The Balaban J connectivity index is 2.38. The van der Waals surface area contributed by atoms with Crippen molar-refractivity contribution in [3.63, 3.8) is 0 Å². The van der Waals surface area contributed by atoms with Crippen LogP contribution in [-0.2, 0) is 7.05 Å². The Morgan fingerprint density at radius 2 is 2.33 bits per heavy atom. The summed E-state index contributed by atoms with van der Waals surface area (Å²) in [5.74, 6) is 0.739. The molecule has 0 aliphatic carbocycles. The molecule has 1 saturated heterocycles. The highest BCUT2D eigenvalue weighted by Crippen LogP contribution is 2.26. The van der Waals surface area contributed by atoms with Crippen LogP contribution in [0.3, 0.4) is 0 Å². The van der Waals surface area contributed by atoms with Gasteiger partial charge in [-0.3, -0.25) is 9.48 Å². The van der Waals surface area contributed by atoms with Crippen LogP contribution in [0.5, 0.6) is 0 Å². The zero-order valence-electron chi connectivity index (χ0n) is 8.90. The van der Waals surface area contributed by atoms with Gasteiger partial charge < -0.3 is 4.90 Å². The molecule has 1 aromatic heterocycles. The topological polar surface area (TPSA) is 38.1 Å². The molecule has 0 radical (unpaired) electrons. The summed E-state index contributed by atoms with van der Waals surface area (Å²) in [6.07, 6.45) is 0.533. The fourth-order valence-corrected chi connectivity index (χ4v) is 2.09. The number of hydrogen-bond acceptors (Lipinski definition) is 3. The largest absolute Gasteiger partial charge is 0.353 e. The quantitative estimate of drug-likeness (QED) is 0.687. The lowest BCUT2D eigenvalue weighted by Gasteiger charge is -2.17. The van der Waals surface area contributed by atoms with Crippen molar-refractivity contribution >= 4 is 12.1 Å². The van der Waals surface area contributed by atoms with Gasteiger partial charge in [-0.05, 0) is 13.3 Å². The summed E-state index contributed by atoms with van der Waals surface area (Å²) in [6.45, 7) is 2.80. The summed E-state index contributed by atoms with van der Waals surface area (Å²) in [6, 6.07) is 0. The molecule has 2 heterocycles. The van der Waals surface area contributed by atoms with Crippen molar-refractivity contribution in [2.45, 2.75) is 19.5 Å². The van der Waals surface area contributed by atoms with Gasteiger partial charge in [-0.2, -0.15) is 5.10 Å². The lowest BCUT2D eigenvalue weighted by atomic mass is 10.2. The molecule has 0 bridgehead atoms. The number of nitrogens with zero attached hydrogens (tertiary/aromatic N) is 3. The minimum atomic E-state index is -0.792. The molecule has 1 aliphatic rings. The maximum atomic E-state index is 13.1. The Labute approximate surface area is 87.7 Å². The molecule has 2 rings (SSSR count). The van der Waals surface area contributed by atoms with Crippen LogP contribution in [0.1, 0.15) is 22.5 Å². The van der Waals surface area contributed by atoms with Crippen LogP contribution in [0.2, 0.25) is 0 Å². The molecule has 1 unspecified atom stereocenters. The SMILES string of the molecule is Cc1nn(C)c(N2CCC(F)C2)c1C=O. The van der Waals surface area contributed by atoms with E-state index >= 15 is 0 Å². The van der Waals surface area contributed by atoms with Crippen LogP contribution in [0.25, 0.3) is 0 Å². The molecule has 1 aliphatic heterocycles. The molecule has 0 N–H and O–H groups in total. The van der Waals surface area contributed by atoms with Crippen molar-refractivity contribution in [2.75, 3.05) is 18.0 Å². The number of alkyl halides is 1. The van der Waals surface area contributed by atoms with E-state index in [1.165, 1.54) is 0 Å². The molecule has 0 amide bonds. The lowest BCUT2D eigenvalue weighted by Crippen LogP contribution is -2.23. The summed E-state index contributed by atoms with van der Waals surface area (Å²) in [4.78, 5) is 12.8. The third-order valence-electron chi connectivity index (χ3n) is 2.79. The molecule has 1 atom stereocenters. The highest BCUT2D eigenvalue weighted by molar-refractivity contribution is 5.84. The molecule has 1 fully saturated rings. The fourth-order valence-electron chi connectivity index (χ4n) is 2.09. The van der Waals surface area contributed by atoms with Crippen molar-refractivity contribution in [3.05, 3.63) is 11.3 Å². The summed E-state index contributed by atoms with van der Waals surface area (Å²) in [5.41, 5.74) is 1.27. The predicted molar refractivity (Wildman–Crippen MR) is 55.1 cm³/mol. The monoisotopic (exact) mass is 211 g/mol. The third-order valence-corrected chi connectivity index (χ3v) is 2.79. The van der Waals surface area contributed by atoms with Crippen molar-refractivity contribution in [2.24, 2.45) is 7.05 Å². The zero-order valence-corrected chi connectivity index (χ0v) is 8.90. The van der Waals surface area contributed by atoms with Gasteiger partial charge in [0.1, 0.15) is 12.0 Å². The Hall–Kier alpha value is -1.39. The van der Waals surface area contributed by atoms with Crippen LogP contribution in [-0.4, -0.2) is 35.3 Å². The third kappa shape index (κ3) is 1.62. The normalized spacial score (nSPS) is 21.0. The first-order chi connectivity index (χ1) is 7.13. The minimum absolute atomic E-state index is 0.361. The maximum Gasteiger partial charge on any atom is 0.155 e. The van der Waals surface area contributed by atoms with Gasteiger partial charge in [0.15, 0.2) is 6.29 Å². The van der Waals surface area contributed by atoms with Crippen molar-refractivity contribution < 1.29 is 9.18 Å². The summed E-state index contributed by atoms with van der Waals surface area (Å²) < 4.78 is 14.7. The second-order valence-electron chi connectivity index (χ2n) is 3.90. The average Bonchev–Trinajstić information content (AvgIpc) is 2.70. The Morgan fingerprint density at radius 3 is 2.87 bits per heavy atom. The zero-order chi connectivity index (χ0) is 11.0. The van der Waals surface area contributed by atoms with Crippen molar-refractivity contribution in [1.29, 1.82) is 0 Å². The summed E-state index contributed by atoms with van der Waals surface area (Å²) in [5, 5.41) is 4.17. The van der Waals surface area contributed by atoms with E-state index in [-0.39, 0.29) is 0 Å². The van der Waals surface area contributed by atoms with Gasteiger partial charge in [0.05, 0.1) is 17.8 Å².